The highest BCUT2D eigenvalue weighted by Crippen LogP contribution is 2.28. The molecule has 1 heterocycles. The molecule has 23 heavy (non-hydrogen) atoms. The van der Waals surface area contributed by atoms with E-state index in [1.165, 1.54) is 7.11 Å². The first kappa shape index (κ1) is 15.6. The van der Waals surface area contributed by atoms with E-state index in [1.807, 2.05) is 18.2 Å². The minimum Gasteiger partial charge on any atom is -0.465 e. The Morgan fingerprint density at radius 3 is 2.74 bits per heavy atom. The number of methoxy groups -OCH3 is 1. The third kappa shape index (κ3) is 3.37. The van der Waals surface area contributed by atoms with Crippen molar-refractivity contribution in [2.24, 2.45) is 4.99 Å². The van der Waals surface area contributed by atoms with Gasteiger partial charge in [0, 0.05) is 23.7 Å². The zero-order valence-electron chi connectivity index (χ0n) is 12.8. The van der Waals surface area contributed by atoms with E-state index in [9.17, 15) is 4.79 Å². The number of rotatable bonds is 3. The summed E-state index contributed by atoms with van der Waals surface area (Å²) in [5, 5.41) is 0.487. The quantitative estimate of drug-likeness (QED) is 0.781. The van der Waals surface area contributed by atoms with E-state index < -0.39 is 5.97 Å². The van der Waals surface area contributed by atoms with Crippen LogP contribution in [0.25, 0.3) is 0 Å². The second-order valence-electron chi connectivity index (χ2n) is 5.27. The van der Waals surface area contributed by atoms with Crippen LogP contribution in [0.3, 0.4) is 0 Å². The van der Waals surface area contributed by atoms with Crippen LogP contribution >= 0.6 is 11.6 Å². The van der Waals surface area contributed by atoms with Gasteiger partial charge >= 0.3 is 5.97 Å². The summed E-state index contributed by atoms with van der Waals surface area (Å²) >= 11 is 5.99. The number of amidine groups is 1. The van der Waals surface area contributed by atoms with E-state index in [0.717, 1.165) is 30.9 Å². The van der Waals surface area contributed by atoms with Crippen molar-refractivity contribution >= 4 is 34.8 Å². The van der Waals surface area contributed by atoms with Gasteiger partial charge in [0.15, 0.2) is 0 Å². The molecule has 1 aliphatic rings. The minimum atomic E-state index is -0.434. The van der Waals surface area contributed by atoms with Gasteiger partial charge in [0.25, 0.3) is 0 Å². The maximum absolute atomic E-state index is 11.9. The molecule has 4 nitrogen and oxygen atoms in total. The molecule has 0 unspecified atom stereocenters. The standard InChI is InChI=1S/C18H17ClN2O2/c1-23-18(22)15-12-13(19)9-10-16(15)20-17-8-5-11-21(17)14-6-3-2-4-7-14/h2-4,6-7,9-10,12H,5,8,11H2,1H3. The van der Waals surface area contributed by atoms with Gasteiger partial charge in [-0.05, 0) is 36.8 Å². The Hall–Kier alpha value is -2.33. The summed E-state index contributed by atoms with van der Waals surface area (Å²) in [5.41, 5.74) is 2.07. The summed E-state index contributed by atoms with van der Waals surface area (Å²) in [6.45, 7) is 0.921. The van der Waals surface area contributed by atoms with E-state index in [2.05, 4.69) is 17.0 Å². The van der Waals surface area contributed by atoms with Crippen LogP contribution in [0, 0.1) is 0 Å². The van der Waals surface area contributed by atoms with Crippen molar-refractivity contribution in [3.05, 3.63) is 59.1 Å². The molecule has 2 aromatic carbocycles. The van der Waals surface area contributed by atoms with Crippen molar-refractivity contribution in [2.75, 3.05) is 18.6 Å². The fourth-order valence-electron chi connectivity index (χ4n) is 2.68. The zero-order valence-corrected chi connectivity index (χ0v) is 13.6. The molecule has 1 aliphatic heterocycles. The summed E-state index contributed by atoms with van der Waals surface area (Å²) in [6.07, 6.45) is 1.91. The molecule has 2 aromatic rings. The van der Waals surface area contributed by atoms with Gasteiger partial charge in [0.05, 0.1) is 18.4 Å². The smallest absolute Gasteiger partial charge is 0.340 e. The number of carbonyl (C=O) groups is 1. The van der Waals surface area contributed by atoms with Gasteiger partial charge in [0.2, 0.25) is 0 Å². The van der Waals surface area contributed by atoms with Crippen molar-refractivity contribution in [3.8, 4) is 0 Å². The molecule has 0 saturated carbocycles. The lowest BCUT2D eigenvalue weighted by Gasteiger charge is -2.19. The Balaban J connectivity index is 1.99. The molecule has 1 fully saturated rings. The highest BCUT2D eigenvalue weighted by molar-refractivity contribution is 6.31. The molecule has 0 N–H and O–H groups in total. The van der Waals surface area contributed by atoms with Crippen LogP contribution in [-0.2, 0) is 4.74 Å². The summed E-state index contributed by atoms with van der Waals surface area (Å²) < 4.78 is 4.83. The number of anilines is 1. The topological polar surface area (TPSA) is 41.9 Å². The van der Waals surface area contributed by atoms with E-state index >= 15 is 0 Å². The number of aliphatic imine (C=N–C) groups is 1. The van der Waals surface area contributed by atoms with Gasteiger partial charge in [-0.1, -0.05) is 29.8 Å². The molecule has 0 atom stereocenters. The third-order valence-corrected chi connectivity index (χ3v) is 4.01. The second-order valence-corrected chi connectivity index (χ2v) is 5.71. The highest BCUT2D eigenvalue weighted by Gasteiger charge is 2.21. The average Bonchev–Trinajstić information content (AvgIpc) is 3.04. The fourth-order valence-corrected chi connectivity index (χ4v) is 2.85. The summed E-state index contributed by atoms with van der Waals surface area (Å²) in [4.78, 5) is 18.8. The monoisotopic (exact) mass is 328 g/mol. The number of nitrogens with zero attached hydrogens (tertiary/aromatic N) is 2. The molecule has 0 amide bonds. The molecule has 0 radical (unpaired) electrons. The van der Waals surface area contributed by atoms with Gasteiger partial charge in [-0.2, -0.15) is 0 Å². The molecule has 0 aromatic heterocycles. The Labute approximate surface area is 140 Å². The Morgan fingerprint density at radius 2 is 2.00 bits per heavy atom. The molecule has 5 heteroatoms. The predicted octanol–water partition coefficient (Wildman–Crippen LogP) is 4.46. The maximum Gasteiger partial charge on any atom is 0.340 e. The van der Waals surface area contributed by atoms with Gasteiger partial charge in [-0.3, -0.25) is 0 Å². The van der Waals surface area contributed by atoms with Crippen molar-refractivity contribution in [2.45, 2.75) is 12.8 Å². The highest BCUT2D eigenvalue weighted by atomic mass is 35.5. The molecule has 1 saturated heterocycles. The fraction of sp³-hybridized carbons (Fsp3) is 0.222. The average molecular weight is 329 g/mol. The van der Waals surface area contributed by atoms with Crippen LogP contribution in [-0.4, -0.2) is 25.5 Å². The summed E-state index contributed by atoms with van der Waals surface area (Å²) in [7, 11) is 1.35. The number of benzene rings is 2. The lowest BCUT2D eigenvalue weighted by Crippen LogP contribution is -2.23. The molecule has 0 aliphatic carbocycles. The molecule has 0 spiro atoms. The van der Waals surface area contributed by atoms with Crippen molar-refractivity contribution < 1.29 is 9.53 Å². The number of para-hydroxylation sites is 1. The van der Waals surface area contributed by atoms with Crippen LogP contribution in [0.1, 0.15) is 23.2 Å². The number of carbonyl (C=O) groups excluding carboxylic acids is 1. The summed E-state index contributed by atoms with van der Waals surface area (Å²) in [5.74, 6) is 0.514. The number of hydrogen-bond donors (Lipinski definition) is 0. The van der Waals surface area contributed by atoms with E-state index in [0.29, 0.717) is 16.3 Å². The molecular formula is C18H17ClN2O2. The molecule has 118 valence electrons. The zero-order chi connectivity index (χ0) is 16.2. The van der Waals surface area contributed by atoms with E-state index in [1.54, 1.807) is 18.2 Å². The normalized spacial score (nSPS) is 15.9. The molecule has 3 rings (SSSR count). The first-order valence-electron chi connectivity index (χ1n) is 7.47. The third-order valence-electron chi connectivity index (χ3n) is 3.77. The number of esters is 1. The lowest BCUT2D eigenvalue weighted by atomic mass is 10.2. The van der Waals surface area contributed by atoms with Gasteiger partial charge in [-0.25, -0.2) is 9.79 Å². The predicted molar refractivity (Wildman–Crippen MR) is 92.9 cm³/mol. The minimum absolute atomic E-state index is 0.382. The lowest BCUT2D eigenvalue weighted by molar-refractivity contribution is 0.0601. The van der Waals surface area contributed by atoms with Crippen molar-refractivity contribution in [1.29, 1.82) is 0 Å². The van der Waals surface area contributed by atoms with Gasteiger partial charge < -0.3 is 9.64 Å². The van der Waals surface area contributed by atoms with Crippen LogP contribution in [0.15, 0.2) is 53.5 Å². The van der Waals surface area contributed by atoms with Gasteiger partial charge in [0.1, 0.15) is 5.84 Å². The van der Waals surface area contributed by atoms with Crippen LogP contribution in [0.2, 0.25) is 5.02 Å². The van der Waals surface area contributed by atoms with E-state index in [4.69, 9.17) is 21.3 Å². The van der Waals surface area contributed by atoms with E-state index in [-0.39, 0.29) is 0 Å². The maximum atomic E-state index is 11.9. The first-order chi connectivity index (χ1) is 11.2. The second kappa shape index (κ2) is 6.84. The summed E-state index contributed by atoms with van der Waals surface area (Å²) in [6, 6.07) is 15.2. The van der Waals surface area contributed by atoms with Crippen LogP contribution in [0.5, 0.6) is 0 Å². The van der Waals surface area contributed by atoms with Crippen molar-refractivity contribution in [1.82, 2.24) is 0 Å². The first-order valence-corrected chi connectivity index (χ1v) is 7.85. The largest absolute Gasteiger partial charge is 0.465 e. The number of halogens is 1. The Morgan fingerprint density at radius 1 is 1.22 bits per heavy atom. The van der Waals surface area contributed by atoms with Crippen molar-refractivity contribution in [3.63, 3.8) is 0 Å². The van der Waals surface area contributed by atoms with Crippen LogP contribution in [0.4, 0.5) is 11.4 Å². The number of ether oxygens (including phenoxy) is 1. The molecule has 0 bridgehead atoms. The Bertz CT molecular complexity index is 744. The SMILES string of the molecule is COC(=O)c1cc(Cl)ccc1N=C1CCCN1c1ccccc1. The number of hydrogen-bond acceptors (Lipinski definition) is 3. The Kier molecular flexibility index (Phi) is 4.63. The molecular weight excluding hydrogens is 312 g/mol. The van der Waals surface area contributed by atoms with Gasteiger partial charge in [-0.15, -0.1) is 0 Å². The van der Waals surface area contributed by atoms with Crippen LogP contribution < -0.4 is 4.90 Å².